The molecule has 1 aromatic rings. The lowest BCUT2D eigenvalue weighted by Gasteiger charge is -2.01. The summed E-state index contributed by atoms with van der Waals surface area (Å²) < 4.78 is 13.0. The minimum atomic E-state index is -0.731. The van der Waals surface area contributed by atoms with Gasteiger partial charge in [0.25, 0.3) is 0 Å². The van der Waals surface area contributed by atoms with E-state index >= 15 is 0 Å². The highest BCUT2D eigenvalue weighted by Gasteiger charge is 2.07. The second-order valence-electron chi connectivity index (χ2n) is 2.27. The first-order valence-corrected chi connectivity index (χ1v) is 4.40. The van der Waals surface area contributed by atoms with Crippen molar-refractivity contribution in [3.05, 3.63) is 22.4 Å². The zero-order chi connectivity index (χ0) is 7.40. The molecule has 0 bridgehead atoms. The number of thiophene rings is 1. The third-order valence-electron chi connectivity index (χ3n) is 1.39. The minimum Gasteiger partial charge on any atom is -0.241 e. The molecule has 0 saturated carbocycles. The minimum absolute atomic E-state index is 0.653. The summed E-state index contributed by atoms with van der Waals surface area (Å²) in [7, 11) is 0. The van der Waals surface area contributed by atoms with Crippen molar-refractivity contribution in [3.63, 3.8) is 0 Å². The molecule has 0 spiro atoms. The van der Waals surface area contributed by atoms with Crippen LogP contribution < -0.4 is 0 Å². The van der Waals surface area contributed by atoms with E-state index in [9.17, 15) is 4.39 Å². The van der Waals surface area contributed by atoms with Gasteiger partial charge in [-0.15, -0.1) is 11.3 Å². The fourth-order valence-corrected chi connectivity index (χ4v) is 1.60. The Morgan fingerprint density at radius 2 is 2.50 bits per heavy atom. The monoisotopic (exact) mass is 158 g/mol. The van der Waals surface area contributed by atoms with Crippen LogP contribution in [-0.4, -0.2) is 0 Å². The Labute approximate surface area is 64.7 Å². The highest BCUT2D eigenvalue weighted by atomic mass is 32.1. The van der Waals surface area contributed by atoms with E-state index in [1.807, 2.05) is 24.4 Å². The molecule has 0 nitrogen and oxygen atoms in total. The van der Waals surface area contributed by atoms with E-state index in [0.29, 0.717) is 6.42 Å². The van der Waals surface area contributed by atoms with Gasteiger partial charge in [0.05, 0.1) is 0 Å². The van der Waals surface area contributed by atoms with Crippen LogP contribution in [0.25, 0.3) is 0 Å². The van der Waals surface area contributed by atoms with Crippen molar-refractivity contribution >= 4 is 11.3 Å². The van der Waals surface area contributed by atoms with Crippen LogP contribution in [0, 0.1) is 0 Å². The maximum absolute atomic E-state index is 13.0. The summed E-state index contributed by atoms with van der Waals surface area (Å²) in [5.41, 5.74) is 0. The molecular weight excluding hydrogens is 147 g/mol. The van der Waals surface area contributed by atoms with Gasteiger partial charge in [-0.1, -0.05) is 19.4 Å². The average Bonchev–Trinajstić information content (AvgIpc) is 2.38. The van der Waals surface area contributed by atoms with Crippen LogP contribution in [-0.2, 0) is 0 Å². The molecule has 1 unspecified atom stereocenters. The maximum Gasteiger partial charge on any atom is 0.134 e. The molecule has 0 aliphatic carbocycles. The van der Waals surface area contributed by atoms with Gasteiger partial charge in [0, 0.05) is 4.88 Å². The first-order valence-electron chi connectivity index (χ1n) is 3.52. The van der Waals surface area contributed by atoms with Crippen LogP contribution in [0.3, 0.4) is 0 Å². The third-order valence-corrected chi connectivity index (χ3v) is 2.35. The first kappa shape index (κ1) is 7.73. The average molecular weight is 158 g/mol. The van der Waals surface area contributed by atoms with Gasteiger partial charge < -0.3 is 0 Å². The Bertz CT molecular complexity index is 169. The molecule has 0 saturated heterocycles. The standard InChI is InChI=1S/C8H11FS/c1-2-4-7(9)8-5-3-6-10-8/h3,5-7H,2,4H2,1H3. The van der Waals surface area contributed by atoms with Gasteiger partial charge in [0.2, 0.25) is 0 Å². The smallest absolute Gasteiger partial charge is 0.134 e. The van der Waals surface area contributed by atoms with E-state index in [4.69, 9.17) is 0 Å². The first-order chi connectivity index (χ1) is 4.84. The lowest BCUT2D eigenvalue weighted by Crippen LogP contribution is -1.85. The molecular formula is C8H11FS. The van der Waals surface area contributed by atoms with E-state index in [1.54, 1.807) is 0 Å². The van der Waals surface area contributed by atoms with E-state index in [-0.39, 0.29) is 0 Å². The molecule has 0 aliphatic heterocycles. The highest BCUT2D eigenvalue weighted by Crippen LogP contribution is 2.26. The zero-order valence-corrected chi connectivity index (χ0v) is 6.83. The molecule has 10 heavy (non-hydrogen) atoms. The van der Waals surface area contributed by atoms with Crippen LogP contribution in [0.5, 0.6) is 0 Å². The van der Waals surface area contributed by atoms with E-state index in [2.05, 4.69) is 0 Å². The van der Waals surface area contributed by atoms with Crippen LogP contribution in [0.1, 0.15) is 30.8 Å². The predicted molar refractivity (Wildman–Crippen MR) is 43.1 cm³/mol. The van der Waals surface area contributed by atoms with Gasteiger partial charge in [0.15, 0.2) is 0 Å². The third kappa shape index (κ3) is 1.81. The Balaban J connectivity index is 2.50. The number of alkyl halides is 1. The van der Waals surface area contributed by atoms with E-state index in [0.717, 1.165) is 11.3 Å². The van der Waals surface area contributed by atoms with Gasteiger partial charge in [-0.25, -0.2) is 4.39 Å². The molecule has 1 heterocycles. The number of hydrogen-bond acceptors (Lipinski definition) is 1. The van der Waals surface area contributed by atoms with Gasteiger partial charge in [-0.3, -0.25) is 0 Å². The van der Waals surface area contributed by atoms with Crippen molar-refractivity contribution < 1.29 is 4.39 Å². The van der Waals surface area contributed by atoms with Crippen molar-refractivity contribution in [2.45, 2.75) is 25.9 Å². The summed E-state index contributed by atoms with van der Waals surface area (Å²) in [6.45, 7) is 2.00. The molecule has 0 aliphatic rings. The fourth-order valence-electron chi connectivity index (χ4n) is 0.865. The van der Waals surface area contributed by atoms with Crippen LogP contribution in [0.4, 0.5) is 4.39 Å². The fraction of sp³-hybridized carbons (Fsp3) is 0.500. The predicted octanol–water partition coefficient (Wildman–Crippen LogP) is 3.56. The Kier molecular flexibility index (Phi) is 2.87. The highest BCUT2D eigenvalue weighted by molar-refractivity contribution is 7.10. The SMILES string of the molecule is CCCC(F)c1cccs1. The molecule has 1 atom stereocenters. The van der Waals surface area contributed by atoms with Crippen molar-refractivity contribution in [3.8, 4) is 0 Å². The maximum atomic E-state index is 13.0. The summed E-state index contributed by atoms with van der Waals surface area (Å²) in [6, 6.07) is 3.74. The largest absolute Gasteiger partial charge is 0.241 e. The van der Waals surface area contributed by atoms with Gasteiger partial charge >= 0.3 is 0 Å². The van der Waals surface area contributed by atoms with Crippen molar-refractivity contribution in [1.82, 2.24) is 0 Å². The zero-order valence-electron chi connectivity index (χ0n) is 6.01. The molecule has 1 rings (SSSR count). The lowest BCUT2D eigenvalue weighted by molar-refractivity contribution is 0.326. The Morgan fingerprint density at radius 1 is 1.70 bits per heavy atom. The van der Waals surface area contributed by atoms with Crippen molar-refractivity contribution in [1.29, 1.82) is 0 Å². The molecule has 0 fully saturated rings. The van der Waals surface area contributed by atoms with Gasteiger partial charge in [-0.05, 0) is 17.9 Å². The molecule has 0 aromatic carbocycles. The summed E-state index contributed by atoms with van der Waals surface area (Å²) in [5.74, 6) is 0. The quantitative estimate of drug-likeness (QED) is 0.631. The molecule has 1 aromatic heterocycles. The molecule has 56 valence electrons. The van der Waals surface area contributed by atoms with Gasteiger partial charge in [0.1, 0.15) is 6.17 Å². The molecule has 0 amide bonds. The Hall–Kier alpha value is -0.370. The van der Waals surface area contributed by atoms with Gasteiger partial charge in [-0.2, -0.15) is 0 Å². The van der Waals surface area contributed by atoms with Crippen LogP contribution >= 0.6 is 11.3 Å². The number of halogens is 1. The summed E-state index contributed by atoms with van der Waals surface area (Å²) >= 11 is 1.50. The summed E-state index contributed by atoms with van der Waals surface area (Å²) in [4.78, 5) is 0.863. The second kappa shape index (κ2) is 3.71. The second-order valence-corrected chi connectivity index (χ2v) is 3.25. The normalized spacial score (nSPS) is 13.4. The van der Waals surface area contributed by atoms with E-state index < -0.39 is 6.17 Å². The lowest BCUT2D eigenvalue weighted by atomic mass is 10.2. The summed E-state index contributed by atoms with van der Waals surface area (Å²) in [6.07, 6.45) is 0.838. The van der Waals surface area contributed by atoms with Crippen molar-refractivity contribution in [2.75, 3.05) is 0 Å². The topological polar surface area (TPSA) is 0 Å². The molecule has 0 radical (unpaired) electrons. The Morgan fingerprint density at radius 3 is 3.00 bits per heavy atom. The summed E-state index contributed by atoms with van der Waals surface area (Å²) in [5, 5.41) is 1.91. The molecule has 2 heteroatoms. The van der Waals surface area contributed by atoms with Crippen LogP contribution in [0.15, 0.2) is 17.5 Å². The number of hydrogen-bond donors (Lipinski definition) is 0. The van der Waals surface area contributed by atoms with E-state index in [1.165, 1.54) is 11.3 Å². The van der Waals surface area contributed by atoms with Crippen molar-refractivity contribution in [2.24, 2.45) is 0 Å². The number of rotatable bonds is 3. The van der Waals surface area contributed by atoms with Crippen LogP contribution in [0.2, 0.25) is 0 Å². The molecule has 0 N–H and O–H groups in total.